The Labute approximate surface area is 253 Å². The largest absolute Gasteiger partial charge is 0.431 e. The second kappa shape index (κ2) is 12.4. The van der Waals surface area contributed by atoms with E-state index in [1.165, 1.54) is 28.0 Å². The third-order valence-electron chi connectivity index (χ3n) is 6.09. The lowest BCUT2D eigenvalue weighted by molar-refractivity contribution is -0.123. The maximum atomic E-state index is 13.6. The average Bonchev–Trinajstić information content (AvgIpc) is 3.69. The van der Waals surface area contributed by atoms with Crippen molar-refractivity contribution in [3.05, 3.63) is 112 Å². The molecule has 0 bridgehead atoms. The number of thioether (sulfide) groups is 2. The van der Waals surface area contributed by atoms with E-state index in [0.29, 0.717) is 42.5 Å². The van der Waals surface area contributed by atoms with Crippen LogP contribution in [0.4, 0.5) is 5.13 Å². The number of para-hydroxylation sites is 2. The second-order valence-electron chi connectivity index (χ2n) is 8.91. The maximum Gasteiger partial charge on any atom is 0.266 e. The molecule has 0 atom stereocenters. The Hall–Kier alpha value is -3.84. The molecule has 1 saturated heterocycles. The van der Waals surface area contributed by atoms with Gasteiger partial charge < -0.3 is 4.42 Å². The third-order valence-corrected chi connectivity index (χ3v) is 9.44. The topological polar surface area (TPSA) is 101 Å². The van der Waals surface area contributed by atoms with Crippen molar-refractivity contribution in [3.8, 4) is 0 Å². The van der Waals surface area contributed by atoms with Crippen LogP contribution >= 0.6 is 47.1 Å². The molecule has 5 aromatic rings. The van der Waals surface area contributed by atoms with Gasteiger partial charge in [-0.1, -0.05) is 120 Å². The van der Waals surface area contributed by atoms with Crippen LogP contribution in [0.1, 0.15) is 16.1 Å². The van der Waals surface area contributed by atoms with Gasteiger partial charge in [0.1, 0.15) is 14.8 Å². The zero-order valence-corrected chi connectivity index (χ0v) is 24.6. The highest BCUT2D eigenvalue weighted by Gasteiger charge is 2.36. The summed E-state index contributed by atoms with van der Waals surface area (Å²) in [6, 6.07) is 26.7. The lowest BCUT2D eigenvalue weighted by atomic mass is 10.0. The predicted molar refractivity (Wildman–Crippen MR) is 166 cm³/mol. The maximum absolute atomic E-state index is 13.6. The van der Waals surface area contributed by atoms with Crippen LogP contribution in [0.3, 0.4) is 0 Å². The van der Waals surface area contributed by atoms with E-state index in [0.717, 1.165) is 34.0 Å². The van der Waals surface area contributed by atoms with Crippen molar-refractivity contribution in [2.24, 2.45) is 0 Å². The molecular formula is C29H21N5O3S4. The van der Waals surface area contributed by atoms with E-state index >= 15 is 0 Å². The molecule has 0 saturated carbocycles. The van der Waals surface area contributed by atoms with Crippen LogP contribution in [-0.2, 0) is 28.3 Å². The molecule has 2 aromatic heterocycles. The number of hydrogen-bond donors (Lipinski definition) is 1. The van der Waals surface area contributed by atoms with E-state index in [1.54, 1.807) is 0 Å². The molecule has 8 nitrogen and oxygen atoms in total. The summed E-state index contributed by atoms with van der Waals surface area (Å²) in [5.74, 6) is -0.212. The molecular weight excluding hydrogens is 595 g/mol. The number of carbonyl (C=O) groups excluding carboxylic acids is 2. The summed E-state index contributed by atoms with van der Waals surface area (Å²) >= 11 is 9.37. The van der Waals surface area contributed by atoms with Gasteiger partial charge in [-0.15, -0.1) is 10.2 Å². The number of carbonyl (C=O) groups is 2. The number of nitrogens with zero attached hydrogens (tertiary/aromatic N) is 4. The van der Waals surface area contributed by atoms with Gasteiger partial charge in [0.15, 0.2) is 5.58 Å². The number of nitrogens with one attached hydrogen (secondary N) is 1. The molecule has 0 unspecified atom stereocenters. The van der Waals surface area contributed by atoms with E-state index in [9.17, 15) is 9.59 Å². The molecule has 1 aliphatic heterocycles. The standard InChI is InChI=1S/C29H21N5O3S4/c35-25(31-27-33-32-23(40-27)17-39-28-30-21-13-7-8-14-22(21)37-28)20(15-18-9-3-1-4-10-18)24-26(36)34(29(38)41-24)16-19-11-5-2-6-12-19/h1-14H,15-17H2,(H,31,33,35)/b24-20+. The van der Waals surface area contributed by atoms with Crippen LogP contribution in [-0.4, -0.2) is 36.2 Å². The summed E-state index contributed by atoms with van der Waals surface area (Å²) in [4.78, 5) is 33.5. The monoisotopic (exact) mass is 615 g/mol. The minimum atomic E-state index is -0.414. The fourth-order valence-electron chi connectivity index (χ4n) is 4.12. The van der Waals surface area contributed by atoms with E-state index in [-0.39, 0.29) is 12.3 Å². The van der Waals surface area contributed by atoms with Crippen molar-refractivity contribution in [3.63, 3.8) is 0 Å². The molecule has 3 aromatic carbocycles. The van der Waals surface area contributed by atoms with Gasteiger partial charge in [-0.05, 0) is 23.3 Å². The van der Waals surface area contributed by atoms with Gasteiger partial charge in [-0.25, -0.2) is 4.98 Å². The molecule has 1 N–H and O–H groups in total. The molecule has 41 heavy (non-hydrogen) atoms. The van der Waals surface area contributed by atoms with Crippen LogP contribution in [0, 0.1) is 0 Å². The van der Waals surface area contributed by atoms with Crippen LogP contribution in [0.15, 0.2) is 105 Å². The minimum Gasteiger partial charge on any atom is -0.431 e. The third kappa shape index (κ3) is 6.41. The first-order valence-electron chi connectivity index (χ1n) is 12.5. The van der Waals surface area contributed by atoms with Crippen molar-refractivity contribution in [2.45, 2.75) is 23.9 Å². The molecule has 3 heterocycles. The van der Waals surface area contributed by atoms with Gasteiger partial charge in [-0.3, -0.25) is 19.8 Å². The highest BCUT2D eigenvalue weighted by atomic mass is 32.2. The van der Waals surface area contributed by atoms with Crippen molar-refractivity contribution >= 4 is 79.4 Å². The Balaban J connectivity index is 1.20. The molecule has 0 spiro atoms. The van der Waals surface area contributed by atoms with Crippen LogP contribution in [0.5, 0.6) is 0 Å². The summed E-state index contributed by atoms with van der Waals surface area (Å²) in [5.41, 5.74) is 3.71. The lowest BCUT2D eigenvalue weighted by Crippen LogP contribution is -2.28. The Kier molecular flexibility index (Phi) is 8.23. The first-order chi connectivity index (χ1) is 20.0. The number of thiocarbonyl (C=S) groups is 1. The number of anilines is 1. The van der Waals surface area contributed by atoms with E-state index in [2.05, 4.69) is 20.5 Å². The number of amides is 2. The zero-order chi connectivity index (χ0) is 28.2. The molecule has 6 rings (SSSR count). The van der Waals surface area contributed by atoms with Crippen molar-refractivity contribution < 1.29 is 14.0 Å². The Morgan fingerprint density at radius 1 is 0.951 bits per heavy atom. The Bertz CT molecular complexity index is 1740. The highest BCUT2D eigenvalue weighted by Crippen LogP contribution is 2.36. The summed E-state index contributed by atoms with van der Waals surface area (Å²) < 4.78 is 6.17. The molecule has 1 aliphatic rings. The predicted octanol–water partition coefficient (Wildman–Crippen LogP) is 6.47. The highest BCUT2D eigenvalue weighted by molar-refractivity contribution is 8.26. The van der Waals surface area contributed by atoms with Gasteiger partial charge >= 0.3 is 0 Å². The Morgan fingerprint density at radius 3 is 2.41 bits per heavy atom. The van der Waals surface area contributed by atoms with Crippen LogP contribution < -0.4 is 5.32 Å². The summed E-state index contributed by atoms with van der Waals surface area (Å²) in [6.45, 7) is 0.340. The van der Waals surface area contributed by atoms with Crippen LogP contribution in [0.25, 0.3) is 11.1 Å². The van der Waals surface area contributed by atoms with Crippen molar-refractivity contribution in [1.29, 1.82) is 0 Å². The number of hydrogen-bond acceptors (Lipinski definition) is 10. The minimum absolute atomic E-state index is 0.266. The fourth-order valence-corrected chi connectivity index (χ4v) is 6.99. The van der Waals surface area contributed by atoms with E-state index in [1.807, 2.05) is 84.9 Å². The van der Waals surface area contributed by atoms with Gasteiger partial charge in [0.2, 0.25) is 5.13 Å². The summed E-state index contributed by atoms with van der Waals surface area (Å²) in [6.07, 6.45) is 0.266. The van der Waals surface area contributed by atoms with Gasteiger partial charge in [0.25, 0.3) is 17.0 Å². The zero-order valence-electron chi connectivity index (χ0n) is 21.4. The number of benzene rings is 3. The SMILES string of the molecule is O=C(Nc1nnc(CSc2nc3ccccc3o2)s1)/C(Cc1ccccc1)=C1/SC(=S)N(Cc2ccccc2)C1=O. The molecule has 0 aliphatic carbocycles. The van der Waals surface area contributed by atoms with Gasteiger partial charge in [0, 0.05) is 12.0 Å². The Morgan fingerprint density at radius 2 is 1.66 bits per heavy atom. The molecule has 204 valence electrons. The summed E-state index contributed by atoms with van der Waals surface area (Å²) in [7, 11) is 0. The lowest BCUT2D eigenvalue weighted by Gasteiger charge is -2.15. The molecule has 1 fully saturated rings. The molecule has 12 heteroatoms. The van der Waals surface area contributed by atoms with E-state index < -0.39 is 5.91 Å². The van der Waals surface area contributed by atoms with Crippen LogP contribution in [0.2, 0.25) is 0 Å². The summed E-state index contributed by atoms with van der Waals surface area (Å²) in [5, 5.41) is 12.8. The first-order valence-corrected chi connectivity index (χ1v) is 15.5. The average molecular weight is 616 g/mol. The van der Waals surface area contributed by atoms with Crippen molar-refractivity contribution in [2.75, 3.05) is 5.32 Å². The fraction of sp³-hybridized carbons (Fsp3) is 0.103. The second-order valence-corrected chi connectivity index (χ2v) is 12.5. The number of oxazole rings is 1. The smallest absolute Gasteiger partial charge is 0.266 e. The number of fused-ring (bicyclic) bond motifs is 1. The molecule has 2 amide bonds. The number of rotatable bonds is 9. The van der Waals surface area contributed by atoms with Gasteiger partial charge in [-0.2, -0.15) is 0 Å². The first kappa shape index (κ1) is 27.3. The quantitative estimate of drug-likeness (QED) is 0.114. The van der Waals surface area contributed by atoms with Gasteiger partial charge in [0.05, 0.1) is 17.2 Å². The molecule has 0 radical (unpaired) electrons. The number of aromatic nitrogens is 3. The van der Waals surface area contributed by atoms with E-state index in [4.69, 9.17) is 16.6 Å². The normalized spacial score (nSPS) is 14.6. The van der Waals surface area contributed by atoms with Crippen molar-refractivity contribution in [1.82, 2.24) is 20.1 Å².